The molecule has 0 saturated heterocycles. The normalized spacial score (nSPS) is 12.2. The predicted octanol–water partition coefficient (Wildman–Crippen LogP) is 6.26. The Labute approximate surface area is 210 Å². The number of aromatic nitrogens is 1. The van der Waals surface area contributed by atoms with Crippen LogP contribution < -0.4 is 4.74 Å². The van der Waals surface area contributed by atoms with Gasteiger partial charge in [0.15, 0.2) is 0 Å². The maximum absolute atomic E-state index is 11.3. The third-order valence-corrected chi connectivity index (χ3v) is 5.65. The summed E-state index contributed by atoms with van der Waals surface area (Å²) < 4.78 is 11.7. The molecule has 1 unspecified atom stereocenters. The second kappa shape index (κ2) is 11.8. The zero-order valence-corrected chi connectivity index (χ0v) is 20.3. The van der Waals surface area contributed by atoms with E-state index in [4.69, 9.17) is 14.0 Å². The highest BCUT2D eigenvalue weighted by molar-refractivity contribution is 6.01. The highest BCUT2D eigenvalue weighted by Crippen LogP contribution is 2.23. The van der Waals surface area contributed by atoms with Crippen LogP contribution in [0.2, 0.25) is 0 Å². The average molecular weight is 485 g/mol. The van der Waals surface area contributed by atoms with E-state index in [2.05, 4.69) is 10.1 Å². The van der Waals surface area contributed by atoms with Crippen LogP contribution in [0.15, 0.2) is 94.5 Å². The summed E-state index contributed by atoms with van der Waals surface area (Å²) in [6, 6.07) is 26.7. The Bertz CT molecular complexity index is 1300. The van der Waals surface area contributed by atoms with Crippen LogP contribution in [0, 0.1) is 12.8 Å². The molecule has 0 spiro atoms. The molecule has 0 amide bonds. The first-order valence-electron chi connectivity index (χ1n) is 11.7. The number of benzene rings is 3. The molecule has 4 aromatic rings. The number of oxime groups is 1. The largest absolute Gasteiger partial charge is 0.487 e. The number of aryl methyl sites for hydroxylation is 1. The fraction of sp³-hybridized carbons (Fsp3) is 0.207. The minimum Gasteiger partial charge on any atom is -0.487 e. The summed E-state index contributed by atoms with van der Waals surface area (Å²) in [5.41, 5.74) is 4.02. The molecule has 3 aromatic carbocycles. The van der Waals surface area contributed by atoms with E-state index in [9.17, 15) is 9.90 Å². The predicted molar refractivity (Wildman–Crippen MR) is 137 cm³/mol. The molecule has 4 rings (SSSR count). The monoisotopic (exact) mass is 484 g/mol. The van der Waals surface area contributed by atoms with Gasteiger partial charge in [0, 0.05) is 12.0 Å². The molecule has 0 aliphatic rings. The van der Waals surface area contributed by atoms with Crippen LogP contribution >= 0.6 is 0 Å². The minimum atomic E-state index is -0.869. The molecule has 0 aliphatic heterocycles. The lowest BCUT2D eigenvalue weighted by Gasteiger charge is -2.10. The van der Waals surface area contributed by atoms with Gasteiger partial charge in [0.1, 0.15) is 30.4 Å². The summed E-state index contributed by atoms with van der Waals surface area (Å²) >= 11 is 0. The van der Waals surface area contributed by atoms with Crippen molar-refractivity contribution in [2.24, 2.45) is 11.1 Å². The molecule has 0 fully saturated rings. The molecular weight excluding hydrogens is 456 g/mol. The van der Waals surface area contributed by atoms with Gasteiger partial charge in [0.25, 0.3) is 0 Å². The van der Waals surface area contributed by atoms with Gasteiger partial charge >= 0.3 is 5.97 Å². The van der Waals surface area contributed by atoms with Gasteiger partial charge in [-0.25, -0.2) is 4.98 Å². The van der Waals surface area contributed by atoms with E-state index in [0.29, 0.717) is 24.0 Å². The SMILES string of the molecule is Cc1oc(-c2ccccc2)nc1COc1ccc(CON=C(CC(C)C(=O)O)c2ccccc2)cc1. The first-order chi connectivity index (χ1) is 17.5. The van der Waals surface area contributed by atoms with Crippen molar-refractivity contribution in [2.75, 3.05) is 0 Å². The van der Waals surface area contributed by atoms with Gasteiger partial charge in [-0.15, -0.1) is 0 Å². The van der Waals surface area contributed by atoms with Crippen molar-refractivity contribution in [2.45, 2.75) is 33.5 Å². The Balaban J connectivity index is 1.34. The van der Waals surface area contributed by atoms with Gasteiger partial charge < -0.3 is 19.1 Å². The Morgan fingerprint density at radius 1 is 0.972 bits per heavy atom. The van der Waals surface area contributed by atoms with Crippen LogP contribution in [-0.4, -0.2) is 21.8 Å². The molecule has 184 valence electrons. The van der Waals surface area contributed by atoms with E-state index < -0.39 is 11.9 Å². The van der Waals surface area contributed by atoms with Crippen molar-refractivity contribution < 1.29 is 23.9 Å². The molecule has 7 heteroatoms. The van der Waals surface area contributed by atoms with Crippen LogP contribution in [0.1, 0.15) is 35.9 Å². The van der Waals surface area contributed by atoms with Crippen LogP contribution in [-0.2, 0) is 22.8 Å². The van der Waals surface area contributed by atoms with Crippen molar-refractivity contribution in [1.29, 1.82) is 0 Å². The second-order valence-corrected chi connectivity index (χ2v) is 8.44. The number of carbonyl (C=O) groups is 1. The molecule has 0 bridgehead atoms. The maximum Gasteiger partial charge on any atom is 0.306 e. The van der Waals surface area contributed by atoms with E-state index in [0.717, 1.165) is 28.1 Å². The van der Waals surface area contributed by atoms with E-state index in [1.165, 1.54) is 0 Å². The van der Waals surface area contributed by atoms with E-state index in [1.807, 2.05) is 91.9 Å². The number of hydrogen-bond acceptors (Lipinski definition) is 6. The fourth-order valence-corrected chi connectivity index (χ4v) is 3.50. The first-order valence-corrected chi connectivity index (χ1v) is 11.7. The average Bonchev–Trinajstić information content (AvgIpc) is 3.28. The Morgan fingerprint density at radius 3 is 2.31 bits per heavy atom. The summed E-state index contributed by atoms with van der Waals surface area (Å²) in [5, 5.41) is 13.5. The number of aliphatic carboxylic acids is 1. The van der Waals surface area contributed by atoms with Crippen molar-refractivity contribution in [3.8, 4) is 17.2 Å². The number of nitrogens with zero attached hydrogens (tertiary/aromatic N) is 2. The molecule has 0 saturated carbocycles. The van der Waals surface area contributed by atoms with Crippen LogP contribution in [0.5, 0.6) is 5.75 Å². The maximum atomic E-state index is 11.3. The van der Waals surface area contributed by atoms with Gasteiger partial charge in [-0.1, -0.05) is 72.7 Å². The summed E-state index contributed by atoms with van der Waals surface area (Å²) in [6.45, 7) is 4.08. The number of rotatable bonds is 11. The zero-order valence-electron chi connectivity index (χ0n) is 20.3. The number of carboxylic acids is 1. The van der Waals surface area contributed by atoms with E-state index in [1.54, 1.807) is 6.92 Å². The lowest BCUT2D eigenvalue weighted by Crippen LogP contribution is -2.15. The van der Waals surface area contributed by atoms with Gasteiger partial charge in [-0.05, 0) is 42.3 Å². The topological polar surface area (TPSA) is 94.2 Å². The third kappa shape index (κ3) is 6.60. The quantitative estimate of drug-likeness (QED) is 0.199. The summed E-state index contributed by atoms with van der Waals surface area (Å²) in [7, 11) is 0. The molecular formula is C29H28N2O5. The first kappa shape index (κ1) is 24.7. The molecule has 36 heavy (non-hydrogen) atoms. The molecule has 1 N–H and O–H groups in total. The molecule has 0 radical (unpaired) electrons. The summed E-state index contributed by atoms with van der Waals surface area (Å²) in [5.74, 6) is 0.564. The van der Waals surface area contributed by atoms with Gasteiger partial charge in [0.05, 0.1) is 11.6 Å². The number of ether oxygens (including phenoxy) is 1. The molecule has 7 nitrogen and oxygen atoms in total. The fourth-order valence-electron chi connectivity index (χ4n) is 3.50. The number of hydrogen-bond donors (Lipinski definition) is 1. The Kier molecular flexibility index (Phi) is 8.13. The van der Waals surface area contributed by atoms with Crippen molar-refractivity contribution in [3.05, 3.63) is 108 Å². The molecule has 0 aliphatic carbocycles. The lowest BCUT2D eigenvalue weighted by molar-refractivity contribution is -0.140. The molecule has 1 heterocycles. The highest BCUT2D eigenvalue weighted by atomic mass is 16.6. The van der Waals surface area contributed by atoms with Gasteiger partial charge in [-0.3, -0.25) is 4.79 Å². The third-order valence-electron chi connectivity index (χ3n) is 5.65. The zero-order chi connectivity index (χ0) is 25.3. The van der Waals surface area contributed by atoms with Crippen LogP contribution in [0.25, 0.3) is 11.5 Å². The van der Waals surface area contributed by atoms with Gasteiger partial charge in [0.2, 0.25) is 5.89 Å². The van der Waals surface area contributed by atoms with Crippen molar-refractivity contribution in [3.63, 3.8) is 0 Å². The minimum absolute atomic E-state index is 0.251. The molecule has 1 atom stereocenters. The molecule has 1 aromatic heterocycles. The van der Waals surface area contributed by atoms with Gasteiger partial charge in [-0.2, -0.15) is 0 Å². The highest BCUT2D eigenvalue weighted by Gasteiger charge is 2.16. The smallest absolute Gasteiger partial charge is 0.306 e. The summed E-state index contributed by atoms with van der Waals surface area (Å²) in [4.78, 5) is 21.4. The number of carboxylic acid groups (broad SMARTS) is 1. The van der Waals surface area contributed by atoms with Crippen molar-refractivity contribution in [1.82, 2.24) is 4.98 Å². The van der Waals surface area contributed by atoms with Crippen LogP contribution in [0.4, 0.5) is 0 Å². The van der Waals surface area contributed by atoms with Crippen LogP contribution in [0.3, 0.4) is 0 Å². The van der Waals surface area contributed by atoms with Crippen molar-refractivity contribution >= 4 is 11.7 Å². The Morgan fingerprint density at radius 2 is 1.64 bits per heavy atom. The van der Waals surface area contributed by atoms with E-state index >= 15 is 0 Å². The van der Waals surface area contributed by atoms with E-state index in [-0.39, 0.29) is 13.0 Å². The standard InChI is InChI=1S/C29H28N2O5/c1-20(29(32)33)17-26(23-9-5-3-6-10-23)31-35-18-22-13-15-25(16-14-22)34-19-27-21(2)36-28(30-27)24-11-7-4-8-12-24/h3-16,20H,17-19H2,1-2H3,(H,32,33). The Hall–Kier alpha value is -4.39. The number of oxazole rings is 1. The lowest BCUT2D eigenvalue weighted by atomic mass is 9.99. The summed E-state index contributed by atoms with van der Waals surface area (Å²) in [6.07, 6.45) is 0.277. The second-order valence-electron chi connectivity index (χ2n) is 8.44.